The normalized spacial score (nSPS) is 10.7. The minimum atomic E-state index is -0.679. The summed E-state index contributed by atoms with van der Waals surface area (Å²) in [5.74, 6) is -0.845. The topological polar surface area (TPSA) is 80.9 Å². The SMILES string of the molecule is O=C(Nc1ccc(-c2cc(-c3nnco3)ccc2Cl)s1)c1ccncc1F. The van der Waals surface area contributed by atoms with Crippen molar-refractivity contribution < 1.29 is 13.6 Å². The first-order chi connectivity index (χ1) is 13.1. The molecule has 0 aliphatic heterocycles. The average molecular weight is 401 g/mol. The number of carbonyl (C=O) groups is 1. The Hall–Kier alpha value is -3.10. The van der Waals surface area contributed by atoms with Gasteiger partial charge in [0.1, 0.15) is 0 Å². The predicted molar refractivity (Wildman–Crippen MR) is 100 cm³/mol. The van der Waals surface area contributed by atoms with Crippen LogP contribution in [-0.2, 0) is 0 Å². The Morgan fingerprint density at radius 2 is 2.11 bits per heavy atom. The minimum Gasteiger partial charge on any atom is -0.423 e. The zero-order chi connectivity index (χ0) is 18.8. The molecule has 0 atom stereocenters. The fourth-order valence-electron chi connectivity index (χ4n) is 2.43. The van der Waals surface area contributed by atoms with Gasteiger partial charge >= 0.3 is 0 Å². The predicted octanol–water partition coefficient (Wildman–Crippen LogP) is 4.90. The first-order valence-electron chi connectivity index (χ1n) is 7.69. The molecule has 9 heteroatoms. The second-order valence-corrected chi connectivity index (χ2v) is 6.90. The molecular formula is C18H10ClFN4O2S. The van der Waals surface area contributed by atoms with Crippen LogP contribution in [0.3, 0.4) is 0 Å². The number of benzene rings is 1. The van der Waals surface area contributed by atoms with Crippen molar-refractivity contribution in [2.45, 2.75) is 0 Å². The van der Waals surface area contributed by atoms with Crippen molar-refractivity contribution >= 4 is 33.8 Å². The van der Waals surface area contributed by atoms with E-state index in [1.54, 1.807) is 18.2 Å². The summed E-state index contributed by atoms with van der Waals surface area (Å²) in [5, 5.41) is 11.3. The molecule has 0 radical (unpaired) electrons. The number of nitrogens with zero attached hydrogens (tertiary/aromatic N) is 3. The van der Waals surface area contributed by atoms with Gasteiger partial charge in [0, 0.05) is 27.2 Å². The van der Waals surface area contributed by atoms with E-state index in [1.807, 2.05) is 12.1 Å². The number of thiophene rings is 1. The molecule has 0 saturated carbocycles. The van der Waals surface area contributed by atoms with Crippen molar-refractivity contribution in [1.82, 2.24) is 15.2 Å². The van der Waals surface area contributed by atoms with E-state index in [9.17, 15) is 9.18 Å². The summed E-state index contributed by atoms with van der Waals surface area (Å²) >= 11 is 7.63. The largest absolute Gasteiger partial charge is 0.423 e. The fourth-order valence-corrected chi connectivity index (χ4v) is 3.64. The van der Waals surface area contributed by atoms with Crippen LogP contribution in [0.1, 0.15) is 10.4 Å². The Morgan fingerprint density at radius 3 is 2.89 bits per heavy atom. The molecule has 1 aromatic carbocycles. The molecule has 0 fully saturated rings. The molecule has 3 aromatic heterocycles. The number of pyridine rings is 1. The third-order valence-corrected chi connectivity index (χ3v) is 5.06. The van der Waals surface area contributed by atoms with Gasteiger partial charge in [0.05, 0.1) is 16.8 Å². The van der Waals surface area contributed by atoms with E-state index in [1.165, 1.54) is 30.0 Å². The average Bonchev–Trinajstić information content (AvgIpc) is 3.34. The molecule has 0 aliphatic carbocycles. The maximum absolute atomic E-state index is 13.7. The van der Waals surface area contributed by atoms with Crippen LogP contribution < -0.4 is 5.32 Å². The summed E-state index contributed by atoms with van der Waals surface area (Å²) in [6, 6.07) is 10.2. The smallest absolute Gasteiger partial charge is 0.259 e. The first kappa shape index (κ1) is 17.3. The zero-order valence-corrected chi connectivity index (χ0v) is 15.1. The monoisotopic (exact) mass is 400 g/mol. The molecule has 0 bridgehead atoms. The lowest BCUT2D eigenvalue weighted by Gasteiger charge is -2.04. The van der Waals surface area contributed by atoms with Crippen molar-refractivity contribution in [3.63, 3.8) is 0 Å². The van der Waals surface area contributed by atoms with Crippen LogP contribution in [-0.4, -0.2) is 21.1 Å². The number of aromatic nitrogens is 3. The van der Waals surface area contributed by atoms with Gasteiger partial charge in [-0.2, -0.15) is 0 Å². The van der Waals surface area contributed by atoms with E-state index in [0.29, 0.717) is 15.9 Å². The molecular weight excluding hydrogens is 391 g/mol. The van der Waals surface area contributed by atoms with Gasteiger partial charge in [-0.1, -0.05) is 11.6 Å². The lowest BCUT2D eigenvalue weighted by atomic mass is 10.1. The summed E-state index contributed by atoms with van der Waals surface area (Å²) in [4.78, 5) is 16.7. The molecule has 0 spiro atoms. The maximum Gasteiger partial charge on any atom is 0.259 e. The summed E-state index contributed by atoms with van der Waals surface area (Å²) in [5.41, 5.74) is 1.41. The van der Waals surface area contributed by atoms with Crippen LogP contribution in [0.5, 0.6) is 0 Å². The highest BCUT2D eigenvalue weighted by Gasteiger charge is 2.15. The van der Waals surface area contributed by atoms with Gasteiger partial charge in [-0.05, 0) is 36.4 Å². The van der Waals surface area contributed by atoms with Crippen LogP contribution in [0, 0.1) is 5.82 Å². The number of anilines is 1. The number of carbonyl (C=O) groups excluding carboxylic acids is 1. The Bertz CT molecular complexity index is 1110. The number of nitrogens with one attached hydrogen (secondary N) is 1. The van der Waals surface area contributed by atoms with E-state index < -0.39 is 11.7 Å². The lowest BCUT2D eigenvalue weighted by molar-refractivity contribution is 0.102. The molecule has 1 amide bonds. The molecule has 4 aromatic rings. The van der Waals surface area contributed by atoms with Gasteiger partial charge in [0.15, 0.2) is 5.82 Å². The summed E-state index contributed by atoms with van der Waals surface area (Å²) in [6.07, 6.45) is 3.61. The van der Waals surface area contributed by atoms with Gasteiger partial charge in [0.25, 0.3) is 5.91 Å². The Morgan fingerprint density at radius 1 is 1.22 bits per heavy atom. The van der Waals surface area contributed by atoms with Crippen LogP contribution in [0.25, 0.3) is 21.9 Å². The van der Waals surface area contributed by atoms with Crippen LogP contribution in [0.15, 0.2) is 59.6 Å². The number of rotatable bonds is 4. The van der Waals surface area contributed by atoms with E-state index >= 15 is 0 Å². The van der Waals surface area contributed by atoms with Gasteiger partial charge < -0.3 is 9.73 Å². The number of hydrogen-bond donors (Lipinski definition) is 1. The second kappa shape index (κ2) is 7.26. The number of amides is 1. The van der Waals surface area contributed by atoms with Gasteiger partial charge in [-0.3, -0.25) is 9.78 Å². The third-order valence-electron chi connectivity index (χ3n) is 3.70. The molecule has 0 aliphatic rings. The first-order valence-corrected chi connectivity index (χ1v) is 8.88. The minimum absolute atomic E-state index is 0.0728. The number of hydrogen-bond acceptors (Lipinski definition) is 6. The third kappa shape index (κ3) is 3.57. The Kier molecular flexibility index (Phi) is 4.66. The molecule has 0 saturated heterocycles. The summed E-state index contributed by atoms with van der Waals surface area (Å²) in [6.45, 7) is 0. The van der Waals surface area contributed by atoms with Crippen molar-refractivity contribution in [2.24, 2.45) is 0 Å². The molecule has 6 nitrogen and oxygen atoms in total. The van der Waals surface area contributed by atoms with E-state index in [-0.39, 0.29) is 5.56 Å². The molecule has 0 unspecified atom stereocenters. The zero-order valence-electron chi connectivity index (χ0n) is 13.5. The summed E-state index contributed by atoms with van der Waals surface area (Å²) < 4.78 is 18.9. The lowest BCUT2D eigenvalue weighted by Crippen LogP contribution is -2.12. The van der Waals surface area contributed by atoms with Crippen LogP contribution in [0.4, 0.5) is 9.39 Å². The highest BCUT2D eigenvalue weighted by molar-refractivity contribution is 7.19. The Balaban J connectivity index is 1.60. The standard InChI is InChI=1S/C18H10ClFN4O2S/c19-13-2-1-10(18-24-22-9-26-18)7-12(13)15-3-4-16(27-15)23-17(25)11-5-6-21-8-14(11)20/h1-9H,(H,23,25). The second-order valence-electron chi connectivity index (χ2n) is 5.41. The highest BCUT2D eigenvalue weighted by Crippen LogP contribution is 2.37. The van der Waals surface area contributed by atoms with Gasteiger partial charge in [-0.15, -0.1) is 21.5 Å². The molecule has 1 N–H and O–H groups in total. The van der Waals surface area contributed by atoms with Gasteiger partial charge in [-0.25, -0.2) is 4.39 Å². The van der Waals surface area contributed by atoms with Crippen molar-refractivity contribution in [3.8, 4) is 21.9 Å². The quantitative estimate of drug-likeness (QED) is 0.526. The van der Waals surface area contributed by atoms with Crippen LogP contribution >= 0.6 is 22.9 Å². The van der Waals surface area contributed by atoms with Crippen molar-refractivity contribution in [2.75, 3.05) is 5.32 Å². The summed E-state index contributed by atoms with van der Waals surface area (Å²) in [7, 11) is 0. The molecule has 3 heterocycles. The Labute approximate surface area is 161 Å². The fraction of sp³-hybridized carbons (Fsp3) is 0. The van der Waals surface area contributed by atoms with Crippen molar-refractivity contribution in [1.29, 1.82) is 0 Å². The number of halogens is 2. The molecule has 27 heavy (non-hydrogen) atoms. The van der Waals surface area contributed by atoms with E-state index in [4.69, 9.17) is 16.0 Å². The molecule has 4 rings (SSSR count). The van der Waals surface area contributed by atoms with E-state index in [0.717, 1.165) is 22.2 Å². The van der Waals surface area contributed by atoms with Gasteiger partial charge in [0.2, 0.25) is 12.3 Å². The van der Waals surface area contributed by atoms with Crippen molar-refractivity contribution in [3.05, 3.63) is 71.6 Å². The highest BCUT2D eigenvalue weighted by atomic mass is 35.5. The van der Waals surface area contributed by atoms with E-state index in [2.05, 4.69) is 20.5 Å². The molecule has 134 valence electrons. The van der Waals surface area contributed by atoms with Crippen LogP contribution in [0.2, 0.25) is 5.02 Å². The maximum atomic E-state index is 13.7.